The molecule has 3 heteroatoms. The molecule has 0 aliphatic rings. The molecule has 0 bridgehead atoms. The lowest BCUT2D eigenvalue weighted by Crippen LogP contribution is -2.30. The van der Waals surface area contributed by atoms with Crippen molar-refractivity contribution >= 4 is 21.5 Å². The first-order valence-corrected chi connectivity index (χ1v) is 3.95. The Kier molecular flexibility index (Phi) is 2.29. The van der Waals surface area contributed by atoms with Crippen molar-refractivity contribution in [1.82, 2.24) is 0 Å². The van der Waals surface area contributed by atoms with Crippen LogP contribution in [-0.2, 0) is 0 Å². The van der Waals surface area contributed by atoms with Gasteiger partial charge in [0.25, 0.3) is 0 Å². The molecule has 58 valence electrons. The summed E-state index contributed by atoms with van der Waals surface area (Å²) < 4.78 is 1.57. The Morgan fingerprint density at radius 1 is 1.64 bits per heavy atom. The van der Waals surface area contributed by atoms with Gasteiger partial charge < -0.3 is 5.21 Å². The minimum absolute atomic E-state index is 0.605. The van der Waals surface area contributed by atoms with Crippen molar-refractivity contribution in [2.24, 2.45) is 0 Å². The summed E-state index contributed by atoms with van der Waals surface area (Å²) >= 11 is 3.19. The molecule has 11 heavy (non-hydrogen) atoms. The molecule has 0 radical (unpaired) electrons. The SMILES string of the molecule is C=C(C)c1ccc(Br)c[n+]1[O-]. The highest BCUT2D eigenvalue weighted by Crippen LogP contribution is 2.10. The van der Waals surface area contributed by atoms with Crippen LogP contribution in [0.15, 0.2) is 29.4 Å². The van der Waals surface area contributed by atoms with E-state index in [1.165, 1.54) is 6.20 Å². The normalized spacial score (nSPS) is 9.64. The highest BCUT2D eigenvalue weighted by atomic mass is 79.9. The Morgan fingerprint density at radius 2 is 2.27 bits per heavy atom. The van der Waals surface area contributed by atoms with Crippen LogP contribution in [0.4, 0.5) is 0 Å². The summed E-state index contributed by atoms with van der Waals surface area (Å²) in [6.45, 7) is 5.48. The lowest BCUT2D eigenvalue weighted by Gasteiger charge is -2.02. The van der Waals surface area contributed by atoms with E-state index in [4.69, 9.17) is 0 Å². The molecule has 0 fully saturated rings. The zero-order chi connectivity index (χ0) is 8.43. The van der Waals surface area contributed by atoms with E-state index in [9.17, 15) is 5.21 Å². The lowest BCUT2D eigenvalue weighted by atomic mass is 10.2. The number of aromatic nitrogens is 1. The van der Waals surface area contributed by atoms with Crippen molar-refractivity contribution in [3.63, 3.8) is 0 Å². The number of hydrogen-bond acceptors (Lipinski definition) is 1. The molecule has 0 aliphatic heterocycles. The Labute approximate surface area is 73.9 Å². The zero-order valence-corrected chi connectivity index (χ0v) is 7.76. The molecule has 1 rings (SSSR count). The number of pyridine rings is 1. The second kappa shape index (κ2) is 3.05. The number of nitrogens with zero attached hydrogens (tertiary/aromatic N) is 1. The van der Waals surface area contributed by atoms with Gasteiger partial charge in [-0.3, -0.25) is 0 Å². The van der Waals surface area contributed by atoms with E-state index in [1.807, 2.05) is 6.07 Å². The van der Waals surface area contributed by atoms with Crippen LogP contribution >= 0.6 is 15.9 Å². The third kappa shape index (κ3) is 1.80. The molecule has 1 heterocycles. The predicted octanol–water partition coefficient (Wildman–Crippen LogP) is 2.12. The highest BCUT2D eigenvalue weighted by molar-refractivity contribution is 9.10. The van der Waals surface area contributed by atoms with Gasteiger partial charge in [-0.05, 0) is 28.9 Å². The first-order valence-electron chi connectivity index (χ1n) is 3.16. The molecular weight excluding hydrogens is 206 g/mol. The Hall–Kier alpha value is -0.830. The summed E-state index contributed by atoms with van der Waals surface area (Å²) in [6.07, 6.45) is 1.46. The third-order valence-corrected chi connectivity index (χ3v) is 1.78. The smallest absolute Gasteiger partial charge is 0.218 e. The van der Waals surface area contributed by atoms with Gasteiger partial charge in [-0.15, -0.1) is 0 Å². The van der Waals surface area contributed by atoms with Crippen molar-refractivity contribution in [2.45, 2.75) is 6.92 Å². The standard InChI is InChI=1S/C8H8BrNO/c1-6(2)8-4-3-7(9)5-10(8)11/h3-5H,1H2,2H3. The molecule has 0 aliphatic carbocycles. The highest BCUT2D eigenvalue weighted by Gasteiger charge is 2.04. The maximum absolute atomic E-state index is 11.1. The van der Waals surface area contributed by atoms with Crippen molar-refractivity contribution in [3.8, 4) is 0 Å². The number of halogens is 1. The van der Waals surface area contributed by atoms with Gasteiger partial charge in [0.15, 0.2) is 6.20 Å². The van der Waals surface area contributed by atoms with Gasteiger partial charge in [0.2, 0.25) is 5.69 Å². The van der Waals surface area contributed by atoms with Crippen LogP contribution in [0.3, 0.4) is 0 Å². The van der Waals surface area contributed by atoms with Gasteiger partial charge in [0.1, 0.15) is 0 Å². The van der Waals surface area contributed by atoms with E-state index in [0.717, 1.165) is 14.8 Å². The van der Waals surface area contributed by atoms with Crippen molar-refractivity contribution < 1.29 is 4.73 Å². The van der Waals surface area contributed by atoms with Crippen LogP contribution in [-0.4, -0.2) is 0 Å². The summed E-state index contributed by atoms with van der Waals surface area (Å²) in [4.78, 5) is 0. The molecular formula is C8H8BrNO. The average molecular weight is 214 g/mol. The average Bonchev–Trinajstić information content (AvgIpc) is 1.85. The molecule has 1 aromatic heterocycles. The van der Waals surface area contributed by atoms with E-state index in [2.05, 4.69) is 22.5 Å². The largest absolute Gasteiger partial charge is 0.618 e. The maximum Gasteiger partial charge on any atom is 0.218 e. The van der Waals surface area contributed by atoms with Crippen LogP contribution in [0.5, 0.6) is 0 Å². The van der Waals surface area contributed by atoms with E-state index in [0.29, 0.717) is 5.69 Å². The van der Waals surface area contributed by atoms with E-state index >= 15 is 0 Å². The summed E-state index contributed by atoms with van der Waals surface area (Å²) in [7, 11) is 0. The lowest BCUT2D eigenvalue weighted by molar-refractivity contribution is -0.608. The van der Waals surface area contributed by atoms with E-state index in [1.54, 1.807) is 13.0 Å². The molecule has 0 atom stereocenters. The van der Waals surface area contributed by atoms with Crippen LogP contribution < -0.4 is 4.73 Å². The van der Waals surface area contributed by atoms with Crippen molar-refractivity contribution in [2.75, 3.05) is 0 Å². The zero-order valence-electron chi connectivity index (χ0n) is 6.17. The maximum atomic E-state index is 11.1. The third-order valence-electron chi connectivity index (χ3n) is 1.32. The van der Waals surface area contributed by atoms with Gasteiger partial charge in [0.05, 0.1) is 4.47 Å². The monoisotopic (exact) mass is 213 g/mol. The molecule has 2 nitrogen and oxygen atoms in total. The van der Waals surface area contributed by atoms with Crippen LogP contribution in [0.25, 0.3) is 5.57 Å². The molecule has 0 saturated heterocycles. The Bertz CT molecular complexity index is 296. The predicted molar refractivity (Wildman–Crippen MR) is 47.8 cm³/mol. The van der Waals surface area contributed by atoms with Crippen molar-refractivity contribution in [3.05, 3.63) is 40.3 Å². The van der Waals surface area contributed by atoms with Crippen LogP contribution in [0.1, 0.15) is 12.6 Å². The molecule has 1 aromatic rings. The number of allylic oxidation sites excluding steroid dienone is 1. The first-order chi connectivity index (χ1) is 5.11. The summed E-state index contributed by atoms with van der Waals surface area (Å²) in [6, 6.07) is 3.55. The Balaban J connectivity index is 3.20. The second-order valence-corrected chi connectivity index (χ2v) is 3.25. The second-order valence-electron chi connectivity index (χ2n) is 2.34. The fourth-order valence-electron chi connectivity index (χ4n) is 0.787. The van der Waals surface area contributed by atoms with Gasteiger partial charge in [-0.1, -0.05) is 6.58 Å². The van der Waals surface area contributed by atoms with E-state index in [-0.39, 0.29) is 0 Å². The molecule has 0 amide bonds. The summed E-state index contributed by atoms with van der Waals surface area (Å²) in [5.41, 5.74) is 1.38. The first kappa shape index (κ1) is 8.27. The van der Waals surface area contributed by atoms with Crippen LogP contribution in [0, 0.1) is 5.21 Å². The summed E-state index contributed by atoms with van der Waals surface area (Å²) in [5.74, 6) is 0. The fourth-order valence-corrected chi connectivity index (χ4v) is 1.11. The minimum Gasteiger partial charge on any atom is -0.618 e. The van der Waals surface area contributed by atoms with Gasteiger partial charge in [-0.25, -0.2) is 0 Å². The Morgan fingerprint density at radius 3 is 2.73 bits per heavy atom. The summed E-state index contributed by atoms with van der Waals surface area (Å²) in [5, 5.41) is 11.1. The van der Waals surface area contributed by atoms with E-state index < -0.39 is 0 Å². The minimum atomic E-state index is 0.605. The van der Waals surface area contributed by atoms with Gasteiger partial charge in [-0.2, -0.15) is 4.73 Å². The van der Waals surface area contributed by atoms with Gasteiger partial charge in [0, 0.05) is 11.6 Å². The van der Waals surface area contributed by atoms with Crippen molar-refractivity contribution in [1.29, 1.82) is 0 Å². The molecule has 0 saturated carbocycles. The van der Waals surface area contributed by atoms with Crippen LogP contribution in [0.2, 0.25) is 0 Å². The molecule has 0 spiro atoms. The molecule has 0 unspecified atom stereocenters. The fraction of sp³-hybridized carbons (Fsp3) is 0.125. The quantitative estimate of drug-likeness (QED) is 0.519. The van der Waals surface area contributed by atoms with Gasteiger partial charge >= 0.3 is 0 Å². The molecule has 0 N–H and O–H groups in total. The number of rotatable bonds is 1. The molecule has 0 aromatic carbocycles. The topological polar surface area (TPSA) is 26.9 Å². The number of hydrogen-bond donors (Lipinski definition) is 0.